The number of aromatic nitrogens is 4. The summed E-state index contributed by atoms with van der Waals surface area (Å²) in [5, 5.41) is 2.70. The molecule has 3 aromatic rings. The Morgan fingerprint density at radius 3 is 2.32 bits per heavy atom. The minimum Gasteiger partial charge on any atom is -0.378 e. The van der Waals surface area contributed by atoms with Gasteiger partial charge in [0.25, 0.3) is 5.91 Å². The zero-order chi connectivity index (χ0) is 28.2. The van der Waals surface area contributed by atoms with Crippen LogP contribution in [0.1, 0.15) is 15.9 Å². The summed E-state index contributed by atoms with van der Waals surface area (Å²) in [6, 6.07) is 6.72. The second-order valence-corrected chi connectivity index (χ2v) is 10.3. The Balaban J connectivity index is 1.13. The highest BCUT2D eigenvalue weighted by Crippen LogP contribution is 2.38. The molecule has 0 spiro atoms. The molecule has 2 fully saturated rings. The zero-order valence-electron chi connectivity index (χ0n) is 22.2. The van der Waals surface area contributed by atoms with Crippen LogP contribution in [0.4, 0.5) is 28.2 Å². The van der Waals surface area contributed by atoms with Crippen molar-refractivity contribution >= 4 is 47.6 Å². The second kappa shape index (κ2) is 12.1. The molecule has 0 saturated carbocycles. The van der Waals surface area contributed by atoms with Gasteiger partial charge in [-0.05, 0) is 30.7 Å². The molecule has 0 atom stereocenters. The topological polar surface area (TPSA) is 161 Å². The SMILES string of the molecule is Nc1ncc(-c2nc(N3CCOCC3)nc3c2CCN3SOC(=O)Nc2ccc(C(=O)N3CCOCC3)cc2)cn1. The van der Waals surface area contributed by atoms with Crippen LogP contribution in [0.5, 0.6) is 0 Å². The van der Waals surface area contributed by atoms with Gasteiger partial charge in [-0.3, -0.25) is 14.4 Å². The van der Waals surface area contributed by atoms with Gasteiger partial charge >= 0.3 is 6.09 Å². The van der Waals surface area contributed by atoms with Crippen LogP contribution in [0, 0.1) is 0 Å². The minimum absolute atomic E-state index is 0.0611. The number of fused-ring (bicyclic) bond motifs is 1. The van der Waals surface area contributed by atoms with Crippen LogP contribution < -0.4 is 20.3 Å². The van der Waals surface area contributed by atoms with E-state index in [1.54, 1.807) is 41.6 Å². The molecule has 3 aliphatic heterocycles. The molecule has 0 bridgehead atoms. The van der Waals surface area contributed by atoms with E-state index in [1.165, 1.54) is 0 Å². The maximum absolute atomic E-state index is 12.7. The van der Waals surface area contributed by atoms with Gasteiger partial charge in [-0.25, -0.2) is 19.7 Å². The number of morpholine rings is 2. The van der Waals surface area contributed by atoms with Gasteiger partial charge in [0.15, 0.2) is 18.0 Å². The van der Waals surface area contributed by atoms with Gasteiger partial charge in [-0.1, -0.05) is 0 Å². The number of amides is 2. The Kier molecular flexibility index (Phi) is 7.98. The molecule has 0 aliphatic carbocycles. The van der Waals surface area contributed by atoms with Gasteiger partial charge in [0, 0.05) is 67.5 Å². The largest absolute Gasteiger partial charge is 0.425 e. The van der Waals surface area contributed by atoms with Crippen molar-refractivity contribution < 1.29 is 23.2 Å². The van der Waals surface area contributed by atoms with Gasteiger partial charge in [-0.2, -0.15) is 4.98 Å². The van der Waals surface area contributed by atoms with Crippen molar-refractivity contribution in [1.82, 2.24) is 24.8 Å². The van der Waals surface area contributed by atoms with Crippen molar-refractivity contribution in [2.24, 2.45) is 0 Å². The molecule has 6 rings (SSSR count). The molecule has 0 unspecified atom stereocenters. The number of rotatable bonds is 6. The van der Waals surface area contributed by atoms with Crippen molar-refractivity contribution in [3.63, 3.8) is 0 Å². The van der Waals surface area contributed by atoms with Crippen LogP contribution in [-0.4, -0.2) is 96.0 Å². The van der Waals surface area contributed by atoms with Gasteiger partial charge in [0.05, 0.1) is 32.1 Å². The Bertz CT molecular complexity index is 1400. The fraction of sp³-hybridized carbons (Fsp3) is 0.385. The third kappa shape index (κ3) is 6.11. The predicted octanol–water partition coefficient (Wildman–Crippen LogP) is 2.00. The van der Waals surface area contributed by atoms with Crippen LogP contribution in [0.25, 0.3) is 11.3 Å². The van der Waals surface area contributed by atoms with E-state index in [4.69, 9.17) is 29.4 Å². The first kappa shape index (κ1) is 27.0. The molecule has 14 nitrogen and oxygen atoms in total. The molecule has 2 amide bonds. The van der Waals surface area contributed by atoms with Crippen LogP contribution >= 0.6 is 12.2 Å². The van der Waals surface area contributed by atoms with E-state index < -0.39 is 6.09 Å². The normalized spacial score (nSPS) is 16.8. The first-order valence-corrected chi connectivity index (χ1v) is 14.0. The molecular formula is C26H29N9O5S. The summed E-state index contributed by atoms with van der Waals surface area (Å²) in [4.78, 5) is 47.0. The Hall–Kier alpha value is -4.21. The number of nitrogens with zero attached hydrogens (tertiary/aromatic N) is 7. The highest BCUT2D eigenvalue weighted by Gasteiger charge is 2.30. The van der Waals surface area contributed by atoms with E-state index in [0.717, 1.165) is 29.0 Å². The maximum atomic E-state index is 12.7. The number of hydrogen-bond donors (Lipinski definition) is 2. The predicted molar refractivity (Wildman–Crippen MR) is 152 cm³/mol. The highest BCUT2D eigenvalue weighted by atomic mass is 32.2. The standard InChI is InChI=1S/C26H29N9O5S/c27-24-28-15-18(16-29-24)21-20-5-6-35(22(20)32-25(31-21)34-9-13-39-14-10-34)41-40-26(37)30-19-3-1-17(2-4-19)23(36)33-7-11-38-12-8-33/h1-4,15-16H,5-14H2,(H,30,37)(H2,27,28,29). The fourth-order valence-electron chi connectivity index (χ4n) is 4.76. The third-order valence-electron chi connectivity index (χ3n) is 6.89. The maximum Gasteiger partial charge on any atom is 0.425 e. The van der Waals surface area contributed by atoms with Crippen molar-refractivity contribution in [2.45, 2.75) is 6.42 Å². The summed E-state index contributed by atoms with van der Waals surface area (Å²) in [6.07, 6.45) is 3.29. The van der Waals surface area contributed by atoms with E-state index in [-0.39, 0.29) is 11.9 Å². The summed E-state index contributed by atoms with van der Waals surface area (Å²) >= 11 is 0.907. The zero-order valence-corrected chi connectivity index (χ0v) is 23.0. The van der Waals surface area contributed by atoms with Crippen molar-refractivity contribution in [3.05, 3.63) is 47.8 Å². The number of carbonyl (C=O) groups is 2. The van der Waals surface area contributed by atoms with Crippen LogP contribution in [0.15, 0.2) is 36.7 Å². The second-order valence-electron chi connectivity index (χ2n) is 9.51. The van der Waals surface area contributed by atoms with Gasteiger partial charge in [-0.15, -0.1) is 0 Å². The monoisotopic (exact) mass is 579 g/mol. The van der Waals surface area contributed by atoms with E-state index in [9.17, 15) is 9.59 Å². The van der Waals surface area contributed by atoms with Crippen LogP contribution in [0.3, 0.4) is 0 Å². The van der Waals surface area contributed by atoms with Gasteiger partial charge in [0.2, 0.25) is 11.9 Å². The minimum atomic E-state index is -0.648. The highest BCUT2D eigenvalue weighted by molar-refractivity contribution is 7.96. The first-order valence-electron chi connectivity index (χ1n) is 13.3. The molecule has 3 aliphatic rings. The summed E-state index contributed by atoms with van der Waals surface area (Å²) in [5.41, 5.74) is 9.12. The molecule has 15 heteroatoms. The molecule has 214 valence electrons. The quantitative estimate of drug-likeness (QED) is 0.323. The Labute approximate surface area is 240 Å². The molecule has 3 N–H and O–H groups in total. The van der Waals surface area contributed by atoms with E-state index in [0.29, 0.717) is 88.6 Å². The molecule has 41 heavy (non-hydrogen) atoms. The lowest BCUT2D eigenvalue weighted by Gasteiger charge is -2.28. The summed E-state index contributed by atoms with van der Waals surface area (Å²) < 4.78 is 18.1. The number of carbonyl (C=O) groups excluding carboxylic acids is 2. The smallest absolute Gasteiger partial charge is 0.378 e. The third-order valence-corrected chi connectivity index (χ3v) is 7.65. The summed E-state index contributed by atoms with van der Waals surface area (Å²) in [6.45, 7) is 5.28. The number of nitrogens with two attached hydrogens (primary N) is 1. The number of anilines is 4. The summed E-state index contributed by atoms with van der Waals surface area (Å²) in [7, 11) is 0. The van der Waals surface area contributed by atoms with E-state index >= 15 is 0 Å². The van der Waals surface area contributed by atoms with Crippen molar-refractivity contribution in [3.8, 4) is 11.3 Å². The number of ether oxygens (including phenoxy) is 2. The van der Waals surface area contributed by atoms with Crippen LogP contribution in [-0.2, 0) is 20.1 Å². The average molecular weight is 580 g/mol. The lowest BCUT2D eigenvalue weighted by molar-refractivity contribution is 0.0303. The Morgan fingerprint density at radius 1 is 0.927 bits per heavy atom. The van der Waals surface area contributed by atoms with E-state index in [2.05, 4.69) is 20.2 Å². The number of nitrogens with one attached hydrogen (secondary N) is 1. The molecule has 0 radical (unpaired) electrons. The number of hydrogen-bond acceptors (Lipinski definition) is 13. The lowest BCUT2D eigenvalue weighted by Crippen LogP contribution is -2.40. The average Bonchev–Trinajstić information content (AvgIpc) is 3.44. The molecule has 2 saturated heterocycles. The van der Waals surface area contributed by atoms with E-state index in [1.807, 2.05) is 4.31 Å². The Morgan fingerprint density at radius 2 is 1.61 bits per heavy atom. The molecular weight excluding hydrogens is 550 g/mol. The molecule has 5 heterocycles. The van der Waals surface area contributed by atoms with Gasteiger partial charge < -0.3 is 29.2 Å². The van der Waals surface area contributed by atoms with Gasteiger partial charge in [0.1, 0.15) is 0 Å². The number of benzene rings is 1. The summed E-state index contributed by atoms with van der Waals surface area (Å²) in [5.74, 6) is 1.34. The van der Waals surface area contributed by atoms with Crippen molar-refractivity contribution in [1.29, 1.82) is 0 Å². The lowest BCUT2D eigenvalue weighted by atomic mass is 10.1. The fourth-order valence-corrected chi connectivity index (χ4v) is 5.34. The van der Waals surface area contributed by atoms with Crippen LogP contribution in [0.2, 0.25) is 0 Å². The number of nitrogen functional groups attached to an aromatic ring is 1. The van der Waals surface area contributed by atoms with Crippen molar-refractivity contribution in [2.75, 3.05) is 79.4 Å². The molecule has 2 aromatic heterocycles. The first-order chi connectivity index (χ1) is 20.0. The molecule has 1 aromatic carbocycles.